The maximum atomic E-state index is 5.42. The van der Waals surface area contributed by atoms with Gasteiger partial charge in [-0.2, -0.15) is 0 Å². The predicted octanol–water partition coefficient (Wildman–Crippen LogP) is 2.81. The Labute approximate surface area is 62.8 Å². The Morgan fingerprint density at radius 1 is 1.29 bits per heavy atom. The molecule has 0 N–H and O–H groups in total. The Morgan fingerprint density at radius 2 is 1.43 bits per heavy atom. The SMILES string of the molecule is CC(Cl)[Si](Cl)(Cl)Cl. The second-order valence-corrected chi connectivity index (χ2v) is 11.2. The Morgan fingerprint density at radius 3 is 1.43 bits per heavy atom. The molecule has 0 aliphatic heterocycles. The number of alkyl halides is 1. The van der Waals surface area contributed by atoms with Crippen molar-refractivity contribution in [2.45, 2.75) is 11.9 Å². The second kappa shape index (κ2) is 2.79. The van der Waals surface area contributed by atoms with Crippen LogP contribution in [-0.4, -0.2) is 11.0 Å². The van der Waals surface area contributed by atoms with Crippen molar-refractivity contribution in [3.8, 4) is 0 Å². The summed E-state index contributed by atoms with van der Waals surface area (Å²) in [5.74, 6) is 0. The van der Waals surface area contributed by atoms with E-state index in [9.17, 15) is 0 Å². The van der Waals surface area contributed by atoms with Crippen molar-refractivity contribution in [1.29, 1.82) is 0 Å². The molecule has 0 aromatic rings. The van der Waals surface area contributed by atoms with Crippen molar-refractivity contribution in [3.63, 3.8) is 0 Å². The van der Waals surface area contributed by atoms with Gasteiger partial charge in [0.15, 0.2) is 0 Å². The summed E-state index contributed by atoms with van der Waals surface area (Å²) in [4.78, 5) is 0. The minimum absolute atomic E-state index is 0.294. The molecule has 0 aliphatic rings. The van der Waals surface area contributed by atoms with Crippen molar-refractivity contribution < 1.29 is 0 Å². The molecule has 44 valence electrons. The molecule has 0 spiro atoms. The van der Waals surface area contributed by atoms with Crippen LogP contribution in [0.3, 0.4) is 0 Å². The van der Waals surface area contributed by atoms with Crippen LogP contribution in [-0.2, 0) is 0 Å². The Bertz CT molecular complexity index is 55.2. The summed E-state index contributed by atoms with van der Waals surface area (Å²) in [6, 6.07) is -2.55. The predicted molar refractivity (Wildman–Crippen MR) is 38.6 cm³/mol. The lowest BCUT2D eigenvalue weighted by molar-refractivity contribution is 1.36. The smallest absolute Gasteiger partial charge is 0.125 e. The van der Waals surface area contributed by atoms with Crippen LogP contribution in [0, 0.1) is 0 Å². The van der Waals surface area contributed by atoms with E-state index in [1.807, 2.05) is 0 Å². The van der Waals surface area contributed by atoms with Crippen molar-refractivity contribution in [1.82, 2.24) is 0 Å². The molecule has 1 unspecified atom stereocenters. The molecule has 0 aliphatic carbocycles. The van der Waals surface area contributed by atoms with E-state index in [1.165, 1.54) is 0 Å². The fourth-order valence-corrected chi connectivity index (χ4v) is 0. The average Bonchev–Trinajstić information content (AvgIpc) is 1.31. The third-order valence-electron chi connectivity index (χ3n) is 0.451. The minimum Gasteiger partial charge on any atom is -0.125 e. The zero-order valence-corrected chi connectivity index (χ0v) is 7.61. The van der Waals surface area contributed by atoms with Gasteiger partial charge in [-0.15, -0.1) is 44.8 Å². The van der Waals surface area contributed by atoms with Gasteiger partial charge in [0.05, 0.1) is 5.00 Å². The monoisotopic (exact) mass is 196 g/mol. The van der Waals surface area contributed by atoms with Crippen molar-refractivity contribution >= 4 is 50.8 Å². The van der Waals surface area contributed by atoms with Gasteiger partial charge in [-0.05, 0) is 6.92 Å². The van der Waals surface area contributed by atoms with E-state index in [0.29, 0.717) is 0 Å². The van der Waals surface area contributed by atoms with Crippen LogP contribution in [0.1, 0.15) is 6.92 Å². The Balaban J connectivity index is 3.54. The van der Waals surface area contributed by atoms with Gasteiger partial charge in [-0.3, -0.25) is 0 Å². The molecule has 0 radical (unpaired) electrons. The first kappa shape index (κ1) is 8.38. The van der Waals surface area contributed by atoms with E-state index in [2.05, 4.69) is 0 Å². The molecule has 0 saturated heterocycles. The maximum Gasteiger partial charge on any atom is 0.358 e. The molecular weight excluding hydrogens is 194 g/mol. The summed E-state index contributed by atoms with van der Waals surface area (Å²) >= 11 is 21.6. The first-order valence-corrected chi connectivity index (χ1v) is 7.20. The lowest BCUT2D eigenvalue weighted by Gasteiger charge is -2.07. The summed E-state index contributed by atoms with van der Waals surface area (Å²) in [7, 11) is 0. The van der Waals surface area contributed by atoms with E-state index < -0.39 is 6.00 Å². The van der Waals surface area contributed by atoms with Crippen LogP contribution in [0.2, 0.25) is 0 Å². The van der Waals surface area contributed by atoms with Crippen molar-refractivity contribution in [2.75, 3.05) is 0 Å². The molecule has 0 rings (SSSR count). The fraction of sp³-hybridized carbons (Fsp3) is 1.00. The first-order valence-electron chi connectivity index (χ1n) is 1.65. The summed E-state index contributed by atoms with van der Waals surface area (Å²) in [5, 5.41) is -0.294. The fourth-order valence-electron chi connectivity index (χ4n) is 0. The molecule has 0 heterocycles. The van der Waals surface area contributed by atoms with Crippen LogP contribution in [0.25, 0.3) is 0 Å². The molecule has 0 aromatic carbocycles. The van der Waals surface area contributed by atoms with E-state index in [1.54, 1.807) is 6.92 Å². The molecule has 0 bridgehead atoms. The van der Waals surface area contributed by atoms with Crippen LogP contribution >= 0.6 is 44.8 Å². The highest BCUT2D eigenvalue weighted by Gasteiger charge is 2.31. The van der Waals surface area contributed by atoms with Gasteiger partial charge in [-0.1, -0.05) is 0 Å². The lowest BCUT2D eigenvalue weighted by Crippen LogP contribution is -2.22. The van der Waals surface area contributed by atoms with Crippen LogP contribution < -0.4 is 0 Å². The highest BCUT2D eigenvalue weighted by molar-refractivity contribution is 7.66. The third-order valence-corrected chi connectivity index (χ3v) is 6.29. The van der Waals surface area contributed by atoms with E-state index in [4.69, 9.17) is 44.8 Å². The molecule has 7 heavy (non-hydrogen) atoms. The van der Waals surface area contributed by atoms with Gasteiger partial charge >= 0.3 is 6.00 Å². The zero-order valence-electron chi connectivity index (χ0n) is 3.59. The van der Waals surface area contributed by atoms with Crippen LogP contribution in [0.15, 0.2) is 0 Å². The van der Waals surface area contributed by atoms with Gasteiger partial charge in [0.25, 0.3) is 0 Å². The van der Waals surface area contributed by atoms with Gasteiger partial charge < -0.3 is 0 Å². The summed E-state index contributed by atoms with van der Waals surface area (Å²) in [6.07, 6.45) is 0. The standard InChI is InChI=1S/C2H4Cl4Si/c1-2(3)7(4,5)6/h2H,1H3. The quantitative estimate of drug-likeness (QED) is 0.345. The summed E-state index contributed by atoms with van der Waals surface area (Å²) in [6.45, 7) is 1.68. The van der Waals surface area contributed by atoms with E-state index >= 15 is 0 Å². The maximum absolute atomic E-state index is 5.42. The van der Waals surface area contributed by atoms with Gasteiger partial charge in [0.2, 0.25) is 0 Å². The molecule has 5 heteroatoms. The molecule has 0 nitrogen and oxygen atoms in total. The second-order valence-electron chi connectivity index (χ2n) is 1.16. The number of hydrogen-bond donors (Lipinski definition) is 0. The molecule has 1 atom stereocenters. The largest absolute Gasteiger partial charge is 0.358 e. The molecule has 0 amide bonds. The highest BCUT2D eigenvalue weighted by Crippen LogP contribution is 2.27. The molecule has 0 fully saturated rings. The van der Waals surface area contributed by atoms with Crippen molar-refractivity contribution in [3.05, 3.63) is 0 Å². The summed E-state index contributed by atoms with van der Waals surface area (Å²) in [5.41, 5.74) is 0. The van der Waals surface area contributed by atoms with Crippen LogP contribution in [0.5, 0.6) is 0 Å². The summed E-state index contributed by atoms with van der Waals surface area (Å²) < 4.78 is 0. The first-order chi connectivity index (χ1) is 2.94. The third kappa shape index (κ3) is 3.92. The van der Waals surface area contributed by atoms with Gasteiger partial charge in [0, 0.05) is 0 Å². The lowest BCUT2D eigenvalue weighted by atomic mass is 11.0. The Kier molecular flexibility index (Phi) is 3.33. The van der Waals surface area contributed by atoms with E-state index in [-0.39, 0.29) is 5.00 Å². The number of halogens is 4. The topological polar surface area (TPSA) is 0 Å². The number of hydrogen-bond acceptors (Lipinski definition) is 0. The average molecular weight is 198 g/mol. The van der Waals surface area contributed by atoms with Crippen LogP contribution in [0.4, 0.5) is 0 Å². The Hall–Kier alpha value is 1.38. The molecule has 0 saturated carbocycles. The van der Waals surface area contributed by atoms with Gasteiger partial charge in [-0.25, -0.2) is 0 Å². The van der Waals surface area contributed by atoms with E-state index in [0.717, 1.165) is 0 Å². The minimum atomic E-state index is -2.55. The van der Waals surface area contributed by atoms with Crippen molar-refractivity contribution in [2.24, 2.45) is 0 Å². The van der Waals surface area contributed by atoms with Gasteiger partial charge in [0.1, 0.15) is 0 Å². The molecular formula is C2H4Cl4Si. The number of rotatable bonds is 1. The highest BCUT2D eigenvalue weighted by atomic mass is 35.8. The zero-order chi connectivity index (χ0) is 6.08. The molecule has 0 aromatic heterocycles. The normalized spacial score (nSPS) is 16.7.